The van der Waals surface area contributed by atoms with Crippen molar-refractivity contribution in [1.82, 2.24) is 10.2 Å². The molecule has 0 aliphatic carbocycles. The summed E-state index contributed by atoms with van der Waals surface area (Å²) in [6.45, 7) is 1.51. The van der Waals surface area contributed by atoms with Gasteiger partial charge in [-0.2, -0.15) is 0 Å². The number of guanidine groups is 2. The van der Waals surface area contributed by atoms with Crippen LogP contribution < -0.4 is 16.8 Å². The van der Waals surface area contributed by atoms with Gasteiger partial charge in [0.05, 0.1) is 0 Å². The zero-order chi connectivity index (χ0) is 15.4. The van der Waals surface area contributed by atoms with E-state index in [1.165, 1.54) is 6.92 Å². The first-order valence-electron chi connectivity index (χ1n) is 6.58. The van der Waals surface area contributed by atoms with Crippen molar-refractivity contribution in [1.29, 1.82) is 0 Å². The van der Waals surface area contributed by atoms with E-state index in [2.05, 4.69) is 15.3 Å². The zero-order valence-corrected chi connectivity index (χ0v) is 11.5. The third kappa shape index (κ3) is 1.75. The number of aliphatic hydroxyl groups is 2. The fourth-order valence-electron chi connectivity index (χ4n) is 3.26. The molecule has 0 aromatic heterocycles. The lowest BCUT2D eigenvalue weighted by atomic mass is 9.87. The molecule has 10 nitrogen and oxygen atoms in total. The van der Waals surface area contributed by atoms with Gasteiger partial charge in [-0.1, -0.05) is 0 Å². The highest BCUT2D eigenvalue weighted by molar-refractivity contribution is 5.87. The third-order valence-electron chi connectivity index (χ3n) is 4.14. The zero-order valence-electron chi connectivity index (χ0n) is 11.5. The predicted octanol–water partition coefficient (Wildman–Crippen LogP) is -3.38. The van der Waals surface area contributed by atoms with Crippen LogP contribution in [0.15, 0.2) is 9.98 Å². The summed E-state index contributed by atoms with van der Waals surface area (Å²) >= 11 is 0. The number of rotatable bonds is 2. The maximum atomic E-state index is 11.0. The molecular weight excluding hydrogens is 280 g/mol. The van der Waals surface area contributed by atoms with E-state index < -0.39 is 29.5 Å². The molecule has 1 saturated heterocycles. The number of ether oxygens (including phenoxy) is 1. The fraction of sp³-hybridized carbons (Fsp3) is 0.727. The minimum absolute atomic E-state index is 0.0647. The standard InChI is InChI=1S/C11H18N6O4/c1-5(18)21-4-6-7-11(16-8(12)15-7)10(19,20)2-3-17(11)9(13)14-6/h6-7,19-20H,2-4H2,1H3,(H2,13,14)(H3,12,15,16)/t6-,7?,11-/m0/s1. The number of nitrogens with zero attached hydrogens (tertiary/aromatic N) is 3. The first-order chi connectivity index (χ1) is 9.78. The normalized spacial score (nSPS) is 36.2. The molecule has 0 amide bonds. The molecule has 3 heterocycles. The molecule has 3 aliphatic rings. The van der Waals surface area contributed by atoms with Crippen LogP contribution in [0.25, 0.3) is 0 Å². The Labute approximate surface area is 120 Å². The molecule has 1 spiro atoms. The molecule has 1 fully saturated rings. The second kappa shape index (κ2) is 4.21. The lowest BCUT2D eigenvalue weighted by Crippen LogP contribution is -2.76. The molecule has 1 unspecified atom stereocenters. The molecule has 0 aromatic rings. The summed E-state index contributed by atoms with van der Waals surface area (Å²) in [5.41, 5.74) is 10.3. The highest BCUT2D eigenvalue weighted by Crippen LogP contribution is 2.44. The number of esters is 1. The summed E-state index contributed by atoms with van der Waals surface area (Å²) in [4.78, 5) is 21.0. The molecule has 10 heteroatoms. The Balaban J connectivity index is 2.01. The Hall–Kier alpha value is -2.07. The van der Waals surface area contributed by atoms with Gasteiger partial charge in [0.15, 0.2) is 17.6 Å². The Morgan fingerprint density at radius 3 is 2.90 bits per heavy atom. The first kappa shape index (κ1) is 13.9. The highest BCUT2D eigenvalue weighted by Gasteiger charge is 2.69. The summed E-state index contributed by atoms with van der Waals surface area (Å²) in [6, 6.07) is -1.36. The van der Waals surface area contributed by atoms with Gasteiger partial charge in [0.2, 0.25) is 5.79 Å². The number of aliphatic imine (C=N–C) groups is 2. The van der Waals surface area contributed by atoms with E-state index in [0.717, 1.165) is 0 Å². The molecule has 21 heavy (non-hydrogen) atoms. The number of carbonyl (C=O) groups excluding carboxylic acids is 1. The van der Waals surface area contributed by atoms with Crippen LogP contribution in [0, 0.1) is 0 Å². The van der Waals surface area contributed by atoms with Crippen LogP contribution in [0.3, 0.4) is 0 Å². The summed E-state index contributed by atoms with van der Waals surface area (Å²) in [6.07, 6.45) is 0.0653. The summed E-state index contributed by atoms with van der Waals surface area (Å²) in [5.74, 6) is -2.35. The second-order valence-corrected chi connectivity index (χ2v) is 5.43. The van der Waals surface area contributed by atoms with Gasteiger partial charge in [0, 0.05) is 19.9 Å². The van der Waals surface area contributed by atoms with Crippen LogP contribution >= 0.6 is 0 Å². The van der Waals surface area contributed by atoms with Crippen molar-refractivity contribution < 1.29 is 19.7 Å². The largest absolute Gasteiger partial charge is 0.464 e. The first-order valence-corrected chi connectivity index (χ1v) is 6.58. The molecule has 0 aromatic carbocycles. The van der Waals surface area contributed by atoms with E-state index in [-0.39, 0.29) is 24.9 Å². The van der Waals surface area contributed by atoms with Crippen molar-refractivity contribution in [3.63, 3.8) is 0 Å². The van der Waals surface area contributed by atoms with E-state index in [0.29, 0.717) is 6.54 Å². The summed E-state index contributed by atoms with van der Waals surface area (Å²) in [5, 5.41) is 23.6. The van der Waals surface area contributed by atoms with Gasteiger partial charge in [-0.15, -0.1) is 0 Å². The molecule has 3 rings (SSSR count). The molecule has 0 bridgehead atoms. The number of carbonyl (C=O) groups is 1. The Bertz CT molecular complexity index is 547. The van der Waals surface area contributed by atoms with Crippen LogP contribution in [0.1, 0.15) is 13.3 Å². The smallest absolute Gasteiger partial charge is 0.302 e. The van der Waals surface area contributed by atoms with E-state index in [9.17, 15) is 15.0 Å². The third-order valence-corrected chi connectivity index (χ3v) is 4.14. The molecule has 0 saturated carbocycles. The Kier molecular flexibility index (Phi) is 2.79. The van der Waals surface area contributed by atoms with Gasteiger partial charge >= 0.3 is 5.97 Å². The molecular formula is C11H18N6O4. The molecule has 0 radical (unpaired) electrons. The minimum atomic E-state index is -2.09. The van der Waals surface area contributed by atoms with Crippen molar-refractivity contribution in [3.05, 3.63) is 0 Å². The molecule has 7 N–H and O–H groups in total. The van der Waals surface area contributed by atoms with Crippen molar-refractivity contribution in [2.24, 2.45) is 21.5 Å². The lowest BCUT2D eigenvalue weighted by Gasteiger charge is -2.48. The van der Waals surface area contributed by atoms with Gasteiger partial charge in [0.1, 0.15) is 18.7 Å². The lowest BCUT2D eigenvalue weighted by molar-refractivity contribution is -0.221. The second-order valence-electron chi connectivity index (χ2n) is 5.43. The highest BCUT2D eigenvalue weighted by atomic mass is 16.5. The molecule has 3 atom stereocenters. The average molecular weight is 298 g/mol. The monoisotopic (exact) mass is 298 g/mol. The van der Waals surface area contributed by atoms with Crippen molar-refractivity contribution in [3.8, 4) is 0 Å². The van der Waals surface area contributed by atoms with Crippen LogP contribution in [-0.4, -0.2) is 69.7 Å². The predicted molar refractivity (Wildman–Crippen MR) is 71.8 cm³/mol. The maximum absolute atomic E-state index is 11.0. The minimum Gasteiger partial charge on any atom is -0.464 e. The van der Waals surface area contributed by atoms with Crippen molar-refractivity contribution >= 4 is 17.9 Å². The van der Waals surface area contributed by atoms with Gasteiger partial charge in [0.25, 0.3) is 0 Å². The summed E-state index contributed by atoms with van der Waals surface area (Å²) in [7, 11) is 0. The van der Waals surface area contributed by atoms with Crippen LogP contribution in [-0.2, 0) is 9.53 Å². The molecule has 116 valence electrons. The Morgan fingerprint density at radius 2 is 2.24 bits per heavy atom. The average Bonchev–Trinajstić information content (AvgIpc) is 2.85. The quantitative estimate of drug-likeness (QED) is 0.261. The van der Waals surface area contributed by atoms with Crippen molar-refractivity contribution in [2.45, 2.75) is 36.9 Å². The Morgan fingerprint density at radius 1 is 1.52 bits per heavy atom. The van der Waals surface area contributed by atoms with Crippen LogP contribution in [0.5, 0.6) is 0 Å². The SMILES string of the molecule is CC(=O)OC[C@@H]1N=C(N)N2CCC(O)(O)[C@@]23NC(N)=NC13. The van der Waals surface area contributed by atoms with E-state index in [4.69, 9.17) is 16.2 Å². The number of nitrogens with one attached hydrogen (secondary N) is 1. The van der Waals surface area contributed by atoms with E-state index in [1.807, 2.05) is 0 Å². The van der Waals surface area contributed by atoms with Crippen LogP contribution in [0.2, 0.25) is 0 Å². The topological polar surface area (TPSA) is 159 Å². The fourth-order valence-corrected chi connectivity index (χ4v) is 3.26. The number of hydrogen-bond donors (Lipinski definition) is 5. The van der Waals surface area contributed by atoms with Gasteiger partial charge in [-0.25, -0.2) is 9.98 Å². The number of nitrogens with two attached hydrogens (primary N) is 2. The van der Waals surface area contributed by atoms with Gasteiger partial charge in [-0.3, -0.25) is 4.79 Å². The van der Waals surface area contributed by atoms with E-state index in [1.54, 1.807) is 4.90 Å². The van der Waals surface area contributed by atoms with Crippen molar-refractivity contribution in [2.75, 3.05) is 13.2 Å². The van der Waals surface area contributed by atoms with Gasteiger partial charge in [-0.05, 0) is 0 Å². The summed E-state index contributed by atoms with van der Waals surface area (Å²) < 4.78 is 4.97. The van der Waals surface area contributed by atoms with E-state index >= 15 is 0 Å². The molecule has 3 aliphatic heterocycles. The van der Waals surface area contributed by atoms with Gasteiger partial charge < -0.3 is 36.6 Å². The van der Waals surface area contributed by atoms with Crippen LogP contribution in [0.4, 0.5) is 0 Å². The number of hydrogen-bond acceptors (Lipinski definition) is 10. The maximum Gasteiger partial charge on any atom is 0.302 e.